The SMILES string of the molecule is CCCC/C=C\C/C=C\CCCCCCCC(=O)OCC(COC(=O)CCCCCCCCCCCCCCCCCCCCCCCCCCCCCCCCC)OC(=O)CCCCCCCCC/C=C\C/C=C\CCCCC. The Kier molecular flexibility index (Phi) is 66.6. The fourth-order valence-electron chi connectivity index (χ4n) is 10.7. The van der Waals surface area contributed by atoms with Gasteiger partial charge in [-0.1, -0.05) is 339 Å². The van der Waals surface area contributed by atoms with Gasteiger partial charge in [0.15, 0.2) is 6.10 Å². The summed E-state index contributed by atoms with van der Waals surface area (Å²) in [7, 11) is 0. The van der Waals surface area contributed by atoms with Crippen LogP contribution in [0.25, 0.3) is 0 Å². The molecule has 0 heterocycles. The number of allylic oxidation sites excluding steroid dienone is 8. The second kappa shape index (κ2) is 68.9. The molecule has 0 fully saturated rings. The maximum absolute atomic E-state index is 12.9. The van der Waals surface area contributed by atoms with Gasteiger partial charge < -0.3 is 14.2 Å². The average Bonchev–Trinajstić information content (AvgIpc) is 3.46. The van der Waals surface area contributed by atoms with E-state index in [9.17, 15) is 14.4 Å². The van der Waals surface area contributed by atoms with E-state index in [0.29, 0.717) is 19.3 Å². The van der Waals surface area contributed by atoms with Crippen LogP contribution in [0.15, 0.2) is 48.6 Å². The summed E-state index contributed by atoms with van der Waals surface area (Å²) in [5.41, 5.74) is 0. The molecule has 0 aliphatic carbocycles. The summed E-state index contributed by atoms with van der Waals surface area (Å²) in [6.45, 7) is 6.62. The molecule has 0 amide bonds. The van der Waals surface area contributed by atoms with Gasteiger partial charge >= 0.3 is 17.9 Å². The highest BCUT2D eigenvalue weighted by Gasteiger charge is 2.19. The van der Waals surface area contributed by atoms with Crippen molar-refractivity contribution in [3.63, 3.8) is 0 Å². The summed E-state index contributed by atoms with van der Waals surface area (Å²) < 4.78 is 17.0. The second-order valence-electron chi connectivity index (χ2n) is 24.1. The highest BCUT2D eigenvalue weighted by Crippen LogP contribution is 2.19. The molecule has 0 spiro atoms. The van der Waals surface area contributed by atoms with Crippen molar-refractivity contribution in [2.24, 2.45) is 0 Å². The summed E-state index contributed by atoms with van der Waals surface area (Å²) in [4.78, 5) is 38.4. The molecule has 0 rings (SSSR count). The zero-order valence-electron chi connectivity index (χ0n) is 53.9. The third kappa shape index (κ3) is 66.2. The Morgan fingerprint density at radius 2 is 0.463 bits per heavy atom. The van der Waals surface area contributed by atoms with Gasteiger partial charge in [0.05, 0.1) is 0 Å². The summed E-state index contributed by atoms with van der Waals surface area (Å²) in [6, 6.07) is 0. The van der Waals surface area contributed by atoms with E-state index < -0.39 is 6.10 Å². The standard InChI is InChI=1S/C74H136O6/c1-4-7-10-13-16-19-22-25-28-30-31-32-33-34-35-36-37-38-39-40-41-42-43-45-46-49-52-55-58-61-64-67-73(76)79-70-71(69-78-72(75)66-63-60-57-54-51-48-27-24-21-18-15-12-9-6-3)80-74(77)68-65-62-59-56-53-50-47-44-29-26-23-20-17-14-11-8-5-2/h15,17-18,20,24,26-27,29,71H,4-14,16,19,21-23,25,28,30-70H2,1-3H3/b18-15-,20-17-,27-24-,29-26-. The van der Waals surface area contributed by atoms with Crippen LogP contribution in [0.2, 0.25) is 0 Å². The van der Waals surface area contributed by atoms with E-state index in [2.05, 4.69) is 69.4 Å². The molecule has 0 aliphatic rings. The van der Waals surface area contributed by atoms with E-state index in [1.807, 2.05) is 0 Å². The van der Waals surface area contributed by atoms with E-state index >= 15 is 0 Å². The largest absolute Gasteiger partial charge is 0.462 e. The van der Waals surface area contributed by atoms with Crippen LogP contribution in [-0.4, -0.2) is 37.2 Å². The van der Waals surface area contributed by atoms with Crippen molar-refractivity contribution in [1.29, 1.82) is 0 Å². The number of rotatable bonds is 66. The van der Waals surface area contributed by atoms with Gasteiger partial charge in [0.2, 0.25) is 0 Å². The van der Waals surface area contributed by atoms with Gasteiger partial charge in [-0.25, -0.2) is 0 Å². The average molecular weight is 1120 g/mol. The molecular weight excluding hydrogens is 985 g/mol. The Labute approximate surface area is 498 Å². The monoisotopic (exact) mass is 1120 g/mol. The topological polar surface area (TPSA) is 78.9 Å². The first-order valence-corrected chi connectivity index (χ1v) is 35.6. The van der Waals surface area contributed by atoms with Crippen molar-refractivity contribution in [2.45, 2.75) is 393 Å². The van der Waals surface area contributed by atoms with Crippen LogP contribution >= 0.6 is 0 Å². The minimum atomic E-state index is -0.783. The number of hydrogen-bond acceptors (Lipinski definition) is 6. The number of unbranched alkanes of at least 4 members (excludes halogenated alkanes) is 47. The zero-order chi connectivity index (χ0) is 57.8. The first kappa shape index (κ1) is 77.4. The summed E-state index contributed by atoms with van der Waals surface area (Å²) in [6.07, 6.45) is 87.3. The summed E-state index contributed by atoms with van der Waals surface area (Å²) in [5.74, 6) is -0.877. The highest BCUT2D eigenvalue weighted by atomic mass is 16.6. The number of carbonyl (C=O) groups is 3. The van der Waals surface area contributed by atoms with Gasteiger partial charge in [-0.3, -0.25) is 14.4 Å². The normalized spacial score (nSPS) is 12.3. The Hall–Kier alpha value is -2.63. The van der Waals surface area contributed by atoms with E-state index in [0.717, 1.165) is 89.9 Å². The van der Waals surface area contributed by atoms with Gasteiger partial charge in [-0.05, 0) is 77.0 Å². The predicted octanol–water partition coefficient (Wildman–Crippen LogP) is 24.5. The number of esters is 3. The fraction of sp³-hybridized carbons (Fsp3) is 0.851. The molecule has 1 unspecified atom stereocenters. The zero-order valence-corrected chi connectivity index (χ0v) is 53.9. The number of ether oxygens (including phenoxy) is 3. The molecule has 0 aliphatic heterocycles. The van der Waals surface area contributed by atoms with Crippen LogP contribution in [0.5, 0.6) is 0 Å². The van der Waals surface area contributed by atoms with Gasteiger partial charge in [0.1, 0.15) is 13.2 Å². The lowest BCUT2D eigenvalue weighted by Gasteiger charge is -2.18. The molecule has 0 saturated carbocycles. The fourth-order valence-corrected chi connectivity index (χ4v) is 10.7. The lowest BCUT2D eigenvalue weighted by Crippen LogP contribution is -2.30. The molecule has 0 radical (unpaired) electrons. The third-order valence-electron chi connectivity index (χ3n) is 16.1. The van der Waals surface area contributed by atoms with Crippen molar-refractivity contribution in [3.05, 3.63) is 48.6 Å². The van der Waals surface area contributed by atoms with Crippen LogP contribution in [0, 0.1) is 0 Å². The molecule has 0 aromatic heterocycles. The predicted molar refractivity (Wildman–Crippen MR) is 349 cm³/mol. The Morgan fingerprint density at radius 1 is 0.250 bits per heavy atom. The molecular formula is C74H136O6. The number of hydrogen-bond donors (Lipinski definition) is 0. The Morgan fingerprint density at radius 3 is 0.750 bits per heavy atom. The molecule has 6 heteroatoms. The molecule has 6 nitrogen and oxygen atoms in total. The maximum Gasteiger partial charge on any atom is 0.306 e. The molecule has 468 valence electrons. The minimum Gasteiger partial charge on any atom is -0.462 e. The first-order chi connectivity index (χ1) is 39.5. The quantitative estimate of drug-likeness (QED) is 0.0261. The molecule has 1 atom stereocenters. The first-order valence-electron chi connectivity index (χ1n) is 35.6. The number of carbonyl (C=O) groups excluding carboxylic acids is 3. The van der Waals surface area contributed by atoms with Crippen LogP contribution in [-0.2, 0) is 28.6 Å². The maximum atomic E-state index is 12.9. The van der Waals surface area contributed by atoms with Gasteiger partial charge in [0.25, 0.3) is 0 Å². The molecule has 0 aromatic rings. The molecule has 0 bridgehead atoms. The van der Waals surface area contributed by atoms with E-state index in [1.165, 1.54) is 257 Å². The van der Waals surface area contributed by atoms with Crippen LogP contribution in [0.3, 0.4) is 0 Å². The third-order valence-corrected chi connectivity index (χ3v) is 16.1. The van der Waals surface area contributed by atoms with E-state index in [4.69, 9.17) is 14.2 Å². The molecule has 80 heavy (non-hydrogen) atoms. The Balaban J connectivity index is 4.16. The molecule has 0 N–H and O–H groups in total. The van der Waals surface area contributed by atoms with Gasteiger partial charge in [-0.2, -0.15) is 0 Å². The smallest absolute Gasteiger partial charge is 0.306 e. The summed E-state index contributed by atoms with van der Waals surface area (Å²) in [5, 5.41) is 0. The molecule has 0 saturated heterocycles. The summed E-state index contributed by atoms with van der Waals surface area (Å²) >= 11 is 0. The van der Waals surface area contributed by atoms with E-state index in [-0.39, 0.29) is 31.1 Å². The Bertz CT molecular complexity index is 1380. The minimum absolute atomic E-state index is 0.0774. The lowest BCUT2D eigenvalue weighted by atomic mass is 10.0. The van der Waals surface area contributed by atoms with Crippen LogP contribution in [0.1, 0.15) is 387 Å². The van der Waals surface area contributed by atoms with Crippen molar-refractivity contribution >= 4 is 17.9 Å². The van der Waals surface area contributed by atoms with E-state index in [1.54, 1.807) is 0 Å². The molecule has 0 aromatic carbocycles. The highest BCUT2D eigenvalue weighted by molar-refractivity contribution is 5.71. The second-order valence-corrected chi connectivity index (χ2v) is 24.1. The van der Waals surface area contributed by atoms with Gasteiger partial charge in [0, 0.05) is 19.3 Å². The van der Waals surface area contributed by atoms with Crippen LogP contribution in [0.4, 0.5) is 0 Å². The van der Waals surface area contributed by atoms with Crippen molar-refractivity contribution in [3.8, 4) is 0 Å². The van der Waals surface area contributed by atoms with Crippen LogP contribution < -0.4 is 0 Å². The van der Waals surface area contributed by atoms with Crippen molar-refractivity contribution in [1.82, 2.24) is 0 Å². The van der Waals surface area contributed by atoms with Crippen molar-refractivity contribution < 1.29 is 28.6 Å². The van der Waals surface area contributed by atoms with Crippen molar-refractivity contribution in [2.75, 3.05) is 13.2 Å². The van der Waals surface area contributed by atoms with Gasteiger partial charge in [-0.15, -0.1) is 0 Å². The lowest BCUT2D eigenvalue weighted by molar-refractivity contribution is -0.167.